The molecular weight excluding hydrogens is 527 g/mol. The van der Waals surface area contributed by atoms with Gasteiger partial charge in [-0.05, 0) is 61.5 Å². The molecule has 0 bridgehead atoms. The van der Waals surface area contributed by atoms with E-state index in [2.05, 4.69) is 20.8 Å². The summed E-state index contributed by atoms with van der Waals surface area (Å²) in [5, 5.41) is 25.4. The Hall–Kier alpha value is -4.78. The fourth-order valence-corrected chi connectivity index (χ4v) is 4.45. The van der Waals surface area contributed by atoms with Crippen molar-refractivity contribution < 1.29 is 23.6 Å². The number of nitro groups is 1. The number of nitrogens with zero attached hydrogens (tertiary/aromatic N) is 4. The molecule has 0 aliphatic heterocycles. The van der Waals surface area contributed by atoms with Crippen LogP contribution >= 0.6 is 11.8 Å². The highest BCUT2D eigenvalue weighted by molar-refractivity contribution is 7.99. The number of rotatable bonds is 10. The molecule has 0 aliphatic rings. The fourth-order valence-electron chi connectivity index (χ4n) is 3.68. The van der Waals surface area contributed by atoms with Crippen LogP contribution in [0.1, 0.15) is 21.7 Å². The Labute approximate surface area is 226 Å². The minimum atomic E-state index is -0.550. The SMILES string of the molecule is COc1ccc(NC(=O)CSc2nnc(CNC(=O)c3cccc([N+](=O)[O-])c3C)n2-c2ccc(F)cc2)cc1. The number of carbonyl (C=O) groups excluding carboxylic acids is 2. The van der Waals surface area contributed by atoms with Gasteiger partial charge in [0.2, 0.25) is 5.91 Å². The van der Waals surface area contributed by atoms with Crippen LogP contribution in [0.5, 0.6) is 5.75 Å². The number of aromatic nitrogens is 3. The number of hydrogen-bond acceptors (Lipinski definition) is 8. The van der Waals surface area contributed by atoms with E-state index in [4.69, 9.17) is 4.74 Å². The number of ether oxygens (including phenoxy) is 1. The van der Waals surface area contributed by atoms with E-state index in [1.54, 1.807) is 35.9 Å². The van der Waals surface area contributed by atoms with Gasteiger partial charge in [-0.25, -0.2) is 4.39 Å². The first-order valence-corrected chi connectivity index (χ1v) is 12.5. The topological polar surface area (TPSA) is 141 Å². The van der Waals surface area contributed by atoms with Crippen LogP contribution in [0.2, 0.25) is 0 Å². The van der Waals surface area contributed by atoms with Crippen molar-refractivity contribution in [3.63, 3.8) is 0 Å². The second-order valence-corrected chi connectivity index (χ2v) is 9.11. The molecule has 0 spiro atoms. The number of methoxy groups -OCH3 is 1. The zero-order valence-corrected chi connectivity index (χ0v) is 21.7. The third-order valence-corrected chi connectivity index (χ3v) is 6.57. The summed E-state index contributed by atoms with van der Waals surface area (Å²) in [6, 6.07) is 16.7. The second-order valence-electron chi connectivity index (χ2n) is 8.17. The number of anilines is 1. The molecule has 0 saturated carbocycles. The predicted molar refractivity (Wildman–Crippen MR) is 143 cm³/mol. The molecule has 1 aromatic heterocycles. The van der Waals surface area contributed by atoms with Gasteiger partial charge >= 0.3 is 0 Å². The fraction of sp³-hybridized carbons (Fsp3) is 0.154. The van der Waals surface area contributed by atoms with Crippen LogP contribution in [0.4, 0.5) is 15.8 Å². The number of nitrogens with one attached hydrogen (secondary N) is 2. The number of amides is 2. The standard InChI is InChI=1S/C26H23FN6O5S/c1-16-21(4-3-5-22(16)33(36)37)25(35)28-14-23-30-31-26(32(23)19-10-6-17(27)7-11-19)39-15-24(34)29-18-8-12-20(38-2)13-9-18/h3-13H,14-15H2,1-2H3,(H,28,35)(H,29,34). The highest BCUT2D eigenvalue weighted by Crippen LogP contribution is 2.24. The summed E-state index contributed by atoms with van der Waals surface area (Å²) in [5.74, 6) is -0.264. The van der Waals surface area contributed by atoms with Crippen LogP contribution in [0, 0.1) is 22.9 Å². The van der Waals surface area contributed by atoms with Gasteiger partial charge in [-0.3, -0.25) is 24.3 Å². The van der Waals surface area contributed by atoms with E-state index >= 15 is 0 Å². The molecule has 0 radical (unpaired) electrons. The lowest BCUT2D eigenvalue weighted by Crippen LogP contribution is -2.25. The summed E-state index contributed by atoms with van der Waals surface area (Å²) in [7, 11) is 1.55. The van der Waals surface area contributed by atoms with Crippen molar-refractivity contribution in [1.82, 2.24) is 20.1 Å². The highest BCUT2D eigenvalue weighted by Gasteiger charge is 2.20. The number of thioether (sulfide) groups is 1. The molecule has 4 rings (SSSR count). The maximum atomic E-state index is 13.6. The number of carbonyl (C=O) groups is 2. The molecule has 0 atom stereocenters. The Morgan fingerprint density at radius 3 is 2.46 bits per heavy atom. The first-order chi connectivity index (χ1) is 18.8. The Balaban J connectivity index is 1.51. The lowest BCUT2D eigenvalue weighted by molar-refractivity contribution is -0.385. The molecule has 0 aliphatic carbocycles. The summed E-state index contributed by atoms with van der Waals surface area (Å²) >= 11 is 1.11. The zero-order chi connectivity index (χ0) is 27.9. The van der Waals surface area contributed by atoms with Crippen LogP contribution in [-0.2, 0) is 11.3 Å². The smallest absolute Gasteiger partial charge is 0.273 e. The first-order valence-electron chi connectivity index (χ1n) is 11.6. The summed E-state index contributed by atoms with van der Waals surface area (Å²) in [5.41, 5.74) is 1.35. The van der Waals surface area contributed by atoms with Crippen molar-refractivity contribution in [1.29, 1.82) is 0 Å². The molecule has 200 valence electrons. The van der Waals surface area contributed by atoms with Crippen molar-refractivity contribution >= 4 is 35.0 Å². The molecule has 2 N–H and O–H groups in total. The third kappa shape index (κ3) is 6.57. The first kappa shape index (κ1) is 27.3. The summed E-state index contributed by atoms with van der Waals surface area (Å²) in [6.45, 7) is 1.42. The molecule has 0 fully saturated rings. The average Bonchev–Trinajstić information content (AvgIpc) is 3.34. The largest absolute Gasteiger partial charge is 0.497 e. The van der Waals surface area contributed by atoms with Crippen molar-refractivity contribution in [2.45, 2.75) is 18.6 Å². The maximum absolute atomic E-state index is 13.6. The maximum Gasteiger partial charge on any atom is 0.273 e. The Kier molecular flexibility index (Phi) is 8.51. The zero-order valence-electron chi connectivity index (χ0n) is 20.9. The minimum Gasteiger partial charge on any atom is -0.497 e. The Morgan fingerprint density at radius 1 is 1.08 bits per heavy atom. The molecule has 13 heteroatoms. The van der Waals surface area contributed by atoms with Crippen LogP contribution in [0.15, 0.2) is 71.9 Å². The van der Waals surface area contributed by atoms with Crippen LogP contribution in [-0.4, -0.2) is 44.4 Å². The number of benzene rings is 3. The van der Waals surface area contributed by atoms with Crippen LogP contribution in [0.3, 0.4) is 0 Å². The van der Waals surface area contributed by atoms with Crippen LogP contribution in [0.25, 0.3) is 5.69 Å². The van der Waals surface area contributed by atoms with Crippen molar-refractivity contribution in [3.8, 4) is 11.4 Å². The number of halogens is 1. The highest BCUT2D eigenvalue weighted by atomic mass is 32.2. The van der Waals surface area contributed by atoms with Gasteiger partial charge in [0.05, 0.1) is 24.3 Å². The van der Waals surface area contributed by atoms with Gasteiger partial charge in [0.1, 0.15) is 11.6 Å². The van der Waals surface area contributed by atoms with Gasteiger partial charge in [0.15, 0.2) is 11.0 Å². The van der Waals surface area contributed by atoms with Gasteiger partial charge in [-0.1, -0.05) is 17.8 Å². The molecule has 0 unspecified atom stereocenters. The van der Waals surface area contributed by atoms with E-state index in [0.717, 1.165) is 11.8 Å². The number of nitro benzene ring substituents is 1. The quantitative estimate of drug-likeness (QED) is 0.169. The monoisotopic (exact) mass is 550 g/mol. The van der Waals surface area contributed by atoms with Crippen molar-refractivity contribution in [2.75, 3.05) is 18.2 Å². The van der Waals surface area contributed by atoms with E-state index in [-0.39, 0.29) is 35.0 Å². The normalized spacial score (nSPS) is 10.6. The van der Waals surface area contributed by atoms with Gasteiger partial charge in [-0.2, -0.15) is 0 Å². The predicted octanol–water partition coefficient (Wildman–Crippen LogP) is 4.29. The molecule has 1 heterocycles. The van der Waals surface area contributed by atoms with E-state index in [1.807, 2.05) is 0 Å². The van der Waals surface area contributed by atoms with Gasteiger partial charge in [0, 0.05) is 28.6 Å². The Morgan fingerprint density at radius 2 is 1.79 bits per heavy atom. The molecule has 39 heavy (non-hydrogen) atoms. The van der Waals surface area contributed by atoms with E-state index < -0.39 is 16.6 Å². The molecule has 0 saturated heterocycles. The molecule has 4 aromatic rings. The van der Waals surface area contributed by atoms with E-state index in [1.165, 1.54) is 49.4 Å². The third-order valence-electron chi connectivity index (χ3n) is 5.64. The second kappa shape index (κ2) is 12.2. The summed E-state index contributed by atoms with van der Waals surface area (Å²) in [6.07, 6.45) is 0. The lowest BCUT2D eigenvalue weighted by Gasteiger charge is -2.12. The average molecular weight is 551 g/mol. The van der Waals surface area contributed by atoms with Gasteiger partial charge < -0.3 is 15.4 Å². The Bertz CT molecular complexity index is 1510. The molecular formula is C26H23FN6O5S. The van der Waals surface area contributed by atoms with Crippen LogP contribution < -0.4 is 15.4 Å². The summed E-state index contributed by atoms with van der Waals surface area (Å²) in [4.78, 5) is 36.1. The summed E-state index contributed by atoms with van der Waals surface area (Å²) < 4.78 is 20.3. The lowest BCUT2D eigenvalue weighted by atomic mass is 10.1. The van der Waals surface area contributed by atoms with E-state index in [9.17, 15) is 24.1 Å². The van der Waals surface area contributed by atoms with Gasteiger partial charge in [0.25, 0.3) is 11.6 Å². The minimum absolute atomic E-state index is 0.00456. The molecule has 11 nitrogen and oxygen atoms in total. The van der Waals surface area contributed by atoms with Gasteiger partial charge in [-0.15, -0.1) is 10.2 Å². The molecule has 3 aromatic carbocycles. The number of hydrogen-bond donors (Lipinski definition) is 2. The van der Waals surface area contributed by atoms with Crippen molar-refractivity contribution in [2.24, 2.45) is 0 Å². The molecule has 2 amide bonds. The van der Waals surface area contributed by atoms with E-state index in [0.29, 0.717) is 28.1 Å². The van der Waals surface area contributed by atoms with Crippen molar-refractivity contribution in [3.05, 3.63) is 99.6 Å².